The number of hydrogen-bond donors (Lipinski definition) is 1. The van der Waals surface area contributed by atoms with Gasteiger partial charge in [-0.3, -0.25) is 9.78 Å². The molecule has 1 heterocycles. The zero-order chi connectivity index (χ0) is 15.3. The quantitative estimate of drug-likeness (QED) is 0.847. The molecule has 1 aromatic heterocycles. The average molecular weight is 280 g/mol. The number of nitrogens with zero attached hydrogens (tertiary/aromatic N) is 1. The van der Waals surface area contributed by atoms with Crippen molar-refractivity contribution in [2.24, 2.45) is 0 Å². The number of aromatic nitrogens is 1. The minimum atomic E-state index is -0.750. The predicted molar refractivity (Wildman–Crippen MR) is 73.6 cm³/mol. The number of ether oxygens (including phenoxy) is 2. The molecule has 1 atom stereocenters. The number of carbonyl (C=O) groups is 2. The lowest BCUT2D eigenvalue weighted by atomic mass is 10.2. The molecule has 1 rings (SSSR count). The van der Waals surface area contributed by atoms with Gasteiger partial charge in [-0.25, -0.2) is 4.79 Å². The van der Waals surface area contributed by atoms with Crippen LogP contribution in [0.15, 0.2) is 18.5 Å². The highest BCUT2D eigenvalue weighted by atomic mass is 16.6. The van der Waals surface area contributed by atoms with Crippen LogP contribution in [0.4, 0.5) is 0 Å². The Hall–Kier alpha value is -2.11. The summed E-state index contributed by atoms with van der Waals surface area (Å²) in [7, 11) is 1.45. The van der Waals surface area contributed by atoms with Gasteiger partial charge < -0.3 is 14.8 Å². The zero-order valence-corrected chi connectivity index (χ0v) is 12.4. The maximum atomic E-state index is 12.1. The zero-order valence-electron chi connectivity index (χ0n) is 12.4. The van der Waals surface area contributed by atoms with Gasteiger partial charge in [0.1, 0.15) is 17.4 Å². The van der Waals surface area contributed by atoms with Crippen molar-refractivity contribution >= 4 is 11.9 Å². The van der Waals surface area contributed by atoms with E-state index in [1.165, 1.54) is 25.6 Å². The lowest BCUT2D eigenvalue weighted by Crippen LogP contribution is -2.42. The third-order valence-corrected chi connectivity index (χ3v) is 2.36. The van der Waals surface area contributed by atoms with E-state index < -0.39 is 23.5 Å². The maximum absolute atomic E-state index is 12.1. The Kier molecular flexibility index (Phi) is 5.07. The summed E-state index contributed by atoms with van der Waals surface area (Å²) < 4.78 is 10.2. The summed E-state index contributed by atoms with van der Waals surface area (Å²) in [6.45, 7) is 6.88. The molecule has 0 bridgehead atoms. The third kappa shape index (κ3) is 4.53. The van der Waals surface area contributed by atoms with Crippen LogP contribution in [-0.4, -0.2) is 35.6 Å². The highest BCUT2D eigenvalue weighted by Gasteiger charge is 2.24. The molecule has 1 aromatic rings. The molecule has 0 saturated carbocycles. The molecule has 0 aliphatic rings. The Balaban J connectivity index is 2.73. The summed E-state index contributed by atoms with van der Waals surface area (Å²) in [5, 5.41) is 2.57. The Labute approximate surface area is 118 Å². The Bertz CT molecular complexity index is 494. The van der Waals surface area contributed by atoms with Gasteiger partial charge in [-0.1, -0.05) is 0 Å². The topological polar surface area (TPSA) is 77.5 Å². The molecule has 0 radical (unpaired) electrons. The molecule has 0 saturated heterocycles. The molecule has 0 aromatic carbocycles. The van der Waals surface area contributed by atoms with Gasteiger partial charge in [0.05, 0.1) is 18.9 Å². The molecule has 0 aliphatic carbocycles. The molecule has 20 heavy (non-hydrogen) atoms. The van der Waals surface area contributed by atoms with Crippen molar-refractivity contribution in [2.75, 3.05) is 7.11 Å². The number of esters is 1. The van der Waals surface area contributed by atoms with Gasteiger partial charge in [-0.15, -0.1) is 0 Å². The van der Waals surface area contributed by atoms with Crippen molar-refractivity contribution in [3.63, 3.8) is 0 Å². The molecule has 1 N–H and O–H groups in total. The summed E-state index contributed by atoms with van der Waals surface area (Å²) in [6.07, 6.45) is 2.92. The van der Waals surface area contributed by atoms with E-state index in [1.54, 1.807) is 27.7 Å². The molecule has 1 amide bonds. The number of amides is 1. The van der Waals surface area contributed by atoms with Crippen molar-refractivity contribution in [1.29, 1.82) is 0 Å². The van der Waals surface area contributed by atoms with Crippen molar-refractivity contribution in [3.05, 3.63) is 24.0 Å². The summed E-state index contributed by atoms with van der Waals surface area (Å²) in [4.78, 5) is 27.7. The molecular weight excluding hydrogens is 260 g/mol. The van der Waals surface area contributed by atoms with Crippen LogP contribution in [0.2, 0.25) is 0 Å². The van der Waals surface area contributed by atoms with E-state index in [4.69, 9.17) is 9.47 Å². The van der Waals surface area contributed by atoms with Crippen LogP contribution in [0, 0.1) is 0 Å². The van der Waals surface area contributed by atoms with Crippen molar-refractivity contribution in [2.45, 2.75) is 39.3 Å². The fourth-order valence-corrected chi connectivity index (χ4v) is 1.45. The smallest absolute Gasteiger partial charge is 0.328 e. The molecule has 0 fully saturated rings. The molecule has 0 aliphatic heterocycles. The Morgan fingerprint density at radius 2 is 2.00 bits per heavy atom. The second kappa shape index (κ2) is 6.36. The SMILES string of the molecule is COc1cnccc1C(=O)N[C@H](C)C(=O)OC(C)(C)C. The van der Waals surface area contributed by atoms with Crippen LogP contribution < -0.4 is 10.1 Å². The summed E-state index contributed by atoms with van der Waals surface area (Å²) in [5.74, 6) is -0.553. The van der Waals surface area contributed by atoms with Crippen molar-refractivity contribution in [3.8, 4) is 5.75 Å². The number of methoxy groups -OCH3 is 1. The second-order valence-electron chi connectivity index (χ2n) is 5.30. The van der Waals surface area contributed by atoms with Gasteiger partial charge >= 0.3 is 5.97 Å². The van der Waals surface area contributed by atoms with Gasteiger partial charge in [0, 0.05) is 6.20 Å². The average Bonchev–Trinajstić information content (AvgIpc) is 2.36. The maximum Gasteiger partial charge on any atom is 0.328 e. The first-order valence-electron chi connectivity index (χ1n) is 6.26. The highest BCUT2D eigenvalue weighted by molar-refractivity contribution is 5.98. The normalized spacial score (nSPS) is 12.4. The monoisotopic (exact) mass is 280 g/mol. The summed E-state index contributed by atoms with van der Waals surface area (Å²) >= 11 is 0. The minimum absolute atomic E-state index is 0.318. The largest absolute Gasteiger partial charge is 0.494 e. The molecule has 6 heteroatoms. The number of pyridine rings is 1. The number of carbonyl (C=O) groups excluding carboxylic acids is 2. The Morgan fingerprint density at radius 3 is 2.55 bits per heavy atom. The standard InChI is InChI=1S/C14H20N2O4/c1-9(13(18)20-14(2,3)4)16-12(17)10-6-7-15-8-11(10)19-5/h6-9H,1-5H3,(H,16,17)/t9-/m1/s1. The van der Waals surface area contributed by atoms with Crippen LogP contribution in [0.3, 0.4) is 0 Å². The highest BCUT2D eigenvalue weighted by Crippen LogP contribution is 2.15. The number of hydrogen-bond acceptors (Lipinski definition) is 5. The predicted octanol–water partition coefficient (Wildman–Crippen LogP) is 1.55. The van der Waals surface area contributed by atoms with Gasteiger partial charge in [0.15, 0.2) is 0 Å². The molecular formula is C14H20N2O4. The van der Waals surface area contributed by atoms with Crippen LogP contribution in [0.5, 0.6) is 5.75 Å². The number of nitrogens with one attached hydrogen (secondary N) is 1. The lowest BCUT2D eigenvalue weighted by molar-refractivity contribution is -0.156. The van der Waals surface area contributed by atoms with Crippen LogP contribution >= 0.6 is 0 Å². The third-order valence-electron chi connectivity index (χ3n) is 2.36. The fourth-order valence-electron chi connectivity index (χ4n) is 1.45. The van der Waals surface area contributed by atoms with Crippen LogP contribution in [0.25, 0.3) is 0 Å². The van der Waals surface area contributed by atoms with E-state index in [1.807, 2.05) is 0 Å². The van der Waals surface area contributed by atoms with E-state index in [-0.39, 0.29) is 0 Å². The summed E-state index contributed by atoms with van der Waals surface area (Å²) in [6, 6.07) is 0.773. The first kappa shape index (κ1) is 15.9. The van der Waals surface area contributed by atoms with E-state index in [0.717, 1.165) is 0 Å². The molecule has 0 spiro atoms. The van der Waals surface area contributed by atoms with Crippen LogP contribution in [0.1, 0.15) is 38.1 Å². The minimum Gasteiger partial charge on any atom is -0.494 e. The fraction of sp³-hybridized carbons (Fsp3) is 0.500. The lowest BCUT2D eigenvalue weighted by Gasteiger charge is -2.22. The second-order valence-corrected chi connectivity index (χ2v) is 5.30. The molecule has 6 nitrogen and oxygen atoms in total. The van der Waals surface area contributed by atoms with E-state index in [9.17, 15) is 9.59 Å². The van der Waals surface area contributed by atoms with Gasteiger partial charge in [0.2, 0.25) is 0 Å². The molecule has 0 unspecified atom stereocenters. The van der Waals surface area contributed by atoms with Gasteiger partial charge in [-0.05, 0) is 33.8 Å². The van der Waals surface area contributed by atoms with E-state index in [0.29, 0.717) is 11.3 Å². The Morgan fingerprint density at radius 1 is 1.35 bits per heavy atom. The van der Waals surface area contributed by atoms with E-state index >= 15 is 0 Å². The molecule has 110 valence electrons. The van der Waals surface area contributed by atoms with Crippen molar-refractivity contribution < 1.29 is 19.1 Å². The van der Waals surface area contributed by atoms with Gasteiger partial charge in [0.25, 0.3) is 5.91 Å². The van der Waals surface area contributed by atoms with Gasteiger partial charge in [-0.2, -0.15) is 0 Å². The van der Waals surface area contributed by atoms with E-state index in [2.05, 4.69) is 10.3 Å². The number of rotatable bonds is 4. The first-order chi connectivity index (χ1) is 9.24. The van der Waals surface area contributed by atoms with Crippen molar-refractivity contribution in [1.82, 2.24) is 10.3 Å². The summed E-state index contributed by atoms with van der Waals surface area (Å²) in [5.41, 5.74) is -0.275. The first-order valence-corrected chi connectivity index (χ1v) is 6.26. The van der Waals surface area contributed by atoms with Crippen LogP contribution in [-0.2, 0) is 9.53 Å².